The van der Waals surface area contributed by atoms with E-state index in [4.69, 9.17) is 9.47 Å². The Hall–Kier alpha value is -3.65. The first kappa shape index (κ1) is 27.4. The molecule has 14 heteroatoms. The van der Waals surface area contributed by atoms with E-state index in [0.29, 0.717) is 18.5 Å². The summed E-state index contributed by atoms with van der Waals surface area (Å²) in [7, 11) is -2.14. The van der Waals surface area contributed by atoms with Gasteiger partial charge < -0.3 is 9.47 Å². The van der Waals surface area contributed by atoms with Crippen molar-refractivity contribution in [3.05, 3.63) is 65.5 Å². The van der Waals surface area contributed by atoms with Gasteiger partial charge in [-0.2, -0.15) is 0 Å². The Balaban J connectivity index is 1.61. The summed E-state index contributed by atoms with van der Waals surface area (Å²) in [6.45, 7) is -0.799. The molecular formula is C24H24F4N4O5S. The number of anilines is 1. The lowest BCUT2D eigenvalue weighted by molar-refractivity contribution is 0.0818. The average molecular weight is 557 g/mol. The predicted octanol–water partition coefficient (Wildman–Crippen LogP) is 3.85. The molecule has 9 nitrogen and oxygen atoms in total. The zero-order valence-electron chi connectivity index (χ0n) is 20.3. The van der Waals surface area contributed by atoms with E-state index in [1.807, 2.05) is 0 Å². The second-order valence-corrected chi connectivity index (χ2v) is 10.5. The number of nitrogens with one attached hydrogen (secondary N) is 2. The Morgan fingerprint density at radius 1 is 1.13 bits per heavy atom. The number of nitrogens with zero attached hydrogens (tertiary/aromatic N) is 2. The Kier molecular flexibility index (Phi) is 7.92. The number of amides is 1. The van der Waals surface area contributed by atoms with Crippen LogP contribution in [-0.2, 0) is 10.0 Å². The van der Waals surface area contributed by atoms with Gasteiger partial charge in [0.2, 0.25) is 16.0 Å². The van der Waals surface area contributed by atoms with E-state index < -0.39 is 46.3 Å². The summed E-state index contributed by atoms with van der Waals surface area (Å²) in [5.74, 6) is -2.91. The molecule has 1 aliphatic carbocycles. The fourth-order valence-electron chi connectivity index (χ4n) is 4.04. The lowest BCUT2D eigenvalue weighted by Crippen LogP contribution is -2.42. The fourth-order valence-corrected chi connectivity index (χ4v) is 4.84. The minimum atomic E-state index is -3.40. The number of carbonyl (C=O) groups excluding carboxylic acids is 1. The first-order valence-electron chi connectivity index (χ1n) is 11.4. The number of halogens is 4. The number of alkyl halides is 2. The number of methoxy groups -OCH3 is 1. The highest BCUT2D eigenvalue weighted by molar-refractivity contribution is 7.88. The van der Waals surface area contributed by atoms with Gasteiger partial charge in [0.25, 0.3) is 12.3 Å². The Labute approximate surface area is 215 Å². The number of sulfonamides is 1. The molecule has 0 unspecified atom stereocenters. The van der Waals surface area contributed by atoms with E-state index in [1.165, 1.54) is 37.6 Å². The first-order chi connectivity index (χ1) is 17.9. The number of carbonyl (C=O) groups is 1. The predicted molar refractivity (Wildman–Crippen MR) is 130 cm³/mol. The number of benzene rings is 2. The minimum Gasteiger partial charge on any atom is -0.497 e. The molecule has 38 heavy (non-hydrogen) atoms. The summed E-state index contributed by atoms with van der Waals surface area (Å²) in [6, 6.07) is 7.01. The molecule has 2 N–H and O–H groups in total. The molecular weight excluding hydrogens is 532 g/mol. The molecule has 0 bridgehead atoms. The van der Waals surface area contributed by atoms with Crippen molar-refractivity contribution < 1.29 is 40.2 Å². The van der Waals surface area contributed by atoms with Crippen LogP contribution in [0.15, 0.2) is 42.6 Å². The molecule has 0 radical (unpaired) electrons. The standard InChI is InChI=1S/C24H24F4N4O5S/c1-36-17-9-18(25)22(19(26)10-17)32-11-20(14-7-15(8-14)31-38(2,34)35)29-24(32)30-23(33)13-3-5-16(6-4-13)37-12-21(27)28/h3-6,9-11,14-15,21,31H,7-8,12H2,1-2H3,(H,29,30,33). The molecule has 1 aromatic heterocycles. The van der Waals surface area contributed by atoms with Crippen LogP contribution >= 0.6 is 0 Å². The number of hydrogen-bond donors (Lipinski definition) is 2. The van der Waals surface area contributed by atoms with Crippen molar-refractivity contribution in [2.75, 3.05) is 25.3 Å². The van der Waals surface area contributed by atoms with Gasteiger partial charge in [0, 0.05) is 35.9 Å². The molecule has 1 aliphatic rings. The van der Waals surface area contributed by atoms with Crippen LogP contribution in [0.5, 0.6) is 11.5 Å². The summed E-state index contributed by atoms with van der Waals surface area (Å²) < 4.78 is 90.8. The highest BCUT2D eigenvalue weighted by Gasteiger charge is 2.35. The zero-order valence-corrected chi connectivity index (χ0v) is 21.1. The second-order valence-electron chi connectivity index (χ2n) is 8.73. The van der Waals surface area contributed by atoms with E-state index in [1.54, 1.807) is 0 Å². The monoisotopic (exact) mass is 556 g/mol. The molecule has 3 aromatic rings. The van der Waals surface area contributed by atoms with Gasteiger partial charge in [-0.05, 0) is 37.1 Å². The van der Waals surface area contributed by atoms with Crippen molar-refractivity contribution in [2.45, 2.75) is 31.2 Å². The maximum Gasteiger partial charge on any atom is 0.272 e. The van der Waals surface area contributed by atoms with Gasteiger partial charge in [0.05, 0.1) is 19.1 Å². The number of imidazole rings is 1. The van der Waals surface area contributed by atoms with E-state index >= 15 is 0 Å². The molecule has 0 atom stereocenters. The van der Waals surface area contributed by atoms with Crippen LogP contribution in [0.1, 0.15) is 34.8 Å². The Morgan fingerprint density at radius 2 is 1.76 bits per heavy atom. The quantitative estimate of drug-likeness (QED) is 0.367. The van der Waals surface area contributed by atoms with Crippen LogP contribution in [0.25, 0.3) is 5.69 Å². The zero-order chi connectivity index (χ0) is 27.6. The Morgan fingerprint density at radius 3 is 2.32 bits per heavy atom. The van der Waals surface area contributed by atoms with Crippen molar-refractivity contribution in [3.8, 4) is 17.2 Å². The van der Waals surface area contributed by atoms with Gasteiger partial charge in [0.1, 0.15) is 23.8 Å². The fraction of sp³-hybridized carbons (Fsp3) is 0.333. The normalized spacial score (nSPS) is 17.2. The van der Waals surface area contributed by atoms with E-state index in [2.05, 4.69) is 15.0 Å². The maximum absolute atomic E-state index is 14.9. The third kappa shape index (κ3) is 6.42. The van der Waals surface area contributed by atoms with Crippen molar-refractivity contribution >= 4 is 21.9 Å². The van der Waals surface area contributed by atoms with Crippen molar-refractivity contribution in [3.63, 3.8) is 0 Å². The molecule has 0 aliphatic heterocycles. The van der Waals surface area contributed by atoms with Gasteiger partial charge in [0.15, 0.2) is 11.6 Å². The molecule has 2 aromatic carbocycles. The number of aromatic nitrogens is 2. The topological polar surface area (TPSA) is 112 Å². The average Bonchev–Trinajstić information content (AvgIpc) is 3.21. The molecule has 4 rings (SSSR count). The van der Waals surface area contributed by atoms with Crippen LogP contribution in [0.2, 0.25) is 0 Å². The molecule has 0 saturated heterocycles. The summed E-state index contributed by atoms with van der Waals surface area (Å²) in [6.07, 6.45) is 0.593. The third-order valence-corrected chi connectivity index (χ3v) is 6.61. The van der Waals surface area contributed by atoms with Gasteiger partial charge in [-0.3, -0.25) is 14.7 Å². The SMILES string of the molecule is COc1cc(F)c(-n2cc(C3CC(NS(C)(=O)=O)C3)nc2NC(=O)c2ccc(OCC(F)F)cc2)c(F)c1. The number of hydrogen-bond acceptors (Lipinski definition) is 6. The number of ether oxygens (including phenoxy) is 2. The Bertz CT molecular complexity index is 1400. The van der Waals surface area contributed by atoms with Crippen molar-refractivity contribution in [1.82, 2.24) is 14.3 Å². The van der Waals surface area contributed by atoms with Gasteiger partial charge in [-0.15, -0.1) is 0 Å². The summed E-state index contributed by atoms with van der Waals surface area (Å²) >= 11 is 0. The molecule has 1 saturated carbocycles. The first-order valence-corrected chi connectivity index (χ1v) is 13.2. The smallest absolute Gasteiger partial charge is 0.272 e. The van der Waals surface area contributed by atoms with E-state index in [0.717, 1.165) is 23.0 Å². The third-order valence-electron chi connectivity index (χ3n) is 5.85. The second kappa shape index (κ2) is 11.0. The van der Waals surface area contributed by atoms with Crippen LogP contribution in [0.3, 0.4) is 0 Å². The van der Waals surface area contributed by atoms with Crippen LogP contribution in [0.4, 0.5) is 23.5 Å². The molecule has 204 valence electrons. The molecule has 1 heterocycles. The van der Waals surface area contributed by atoms with E-state index in [9.17, 15) is 30.8 Å². The summed E-state index contributed by atoms with van der Waals surface area (Å²) in [5, 5.41) is 2.53. The molecule has 1 fully saturated rings. The summed E-state index contributed by atoms with van der Waals surface area (Å²) in [5.41, 5.74) is 0.0141. The van der Waals surface area contributed by atoms with Gasteiger partial charge >= 0.3 is 0 Å². The summed E-state index contributed by atoms with van der Waals surface area (Å²) in [4.78, 5) is 17.3. The van der Waals surface area contributed by atoms with Crippen LogP contribution in [0, 0.1) is 11.6 Å². The van der Waals surface area contributed by atoms with Gasteiger partial charge in [-0.25, -0.2) is 35.7 Å². The van der Waals surface area contributed by atoms with Crippen LogP contribution < -0.4 is 19.5 Å². The molecule has 1 amide bonds. The molecule has 0 spiro atoms. The van der Waals surface area contributed by atoms with Crippen molar-refractivity contribution in [1.29, 1.82) is 0 Å². The van der Waals surface area contributed by atoms with Crippen LogP contribution in [-0.4, -0.2) is 56.3 Å². The highest BCUT2D eigenvalue weighted by atomic mass is 32.2. The van der Waals surface area contributed by atoms with Crippen molar-refractivity contribution in [2.24, 2.45) is 0 Å². The largest absolute Gasteiger partial charge is 0.497 e. The van der Waals surface area contributed by atoms with Gasteiger partial charge in [-0.1, -0.05) is 0 Å². The lowest BCUT2D eigenvalue weighted by Gasteiger charge is -2.34. The minimum absolute atomic E-state index is 0.0440. The lowest BCUT2D eigenvalue weighted by atomic mass is 9.79. The van der Waals surface area contributed by atoms with E-state index in [-0.39, 0.29) is 35.0 Å². The number of rotatable bonds is 10. The highest BCUT2D eigenvalue weighted by Crippen LogP contribution is 2.38. The maximum atomic E-state index is 14.9.